The zero-order valence-electron chi connectivity index (χ0n) is 11.5. The number of likely N-dealkylation sites (N-methyl/N-ethyl adjacent to an activating group) is 1. The van der Waals surface area contributed by atoms with E-state index in [1.165, 1.54) is 29.7 Å². The third-order valence-electron chi connectivity index (χ3n) is 3.31. The summed E-state index contributed by atoms with van der Waals surface area (Å²) in [6.45, 7) is 4.56. The van der Waals surface area contributed by atoms with E-state index < -0.39 is 0 Å². The minimum atomic E-state index is 0. The van der Waals surface area contributed by atoms with Crippen molar-refractivity contribution < 1.29 is 4.79 Å². The van der Waals surface area contributed by atoms with Crippen molar-refractivity contribution in [2.24, 2.45) is 0 Å². The highest BCUT2D eigenvalue weighted by Gasteiger charge is 2.15. The van der Waals surface area contributed by atoms with Gasteiger partial charge in [-0.2, -0.15) is 0 Å². The molecule has 1 aliphatic carbocycles. The van der Waals surface area contributed by atoms with Crippen molar-refractivity contribution in [3.63, 3.8) is 0 Å². The number of thiophene rings is 1. The summed E-state index contributed by atoms with van der Waals surface area (Å²) in [5, 5.41) is 6.17. The number of hydrogen-bond donors (Lipinski definition) is 2. The van der Waals surface area contributed by atoms with Crippen LogP contribution in [0.4, 0.5) is 0 Å². The summed E-state index contributed by atoms with van der Waals surface area (Å²) in [6.07, 6.45) is 6.17. The number of hydrogen-bond acceptors (Lipinski definition) is 3. The molecule has 0 saturated heterocycles. The van der Waals surface area contributed by atoms with Crippen molar-refractivity contribution in [1.82, 2.24) is 10.6 Å². The lowest BCUT2D eigenvalue weighted by Gasteiger charge is -2.03. The van der Waals surface area contributed by atoms with Crippen LogP contribution in [0.3, 0.4) is 0 Å². The van der Waals surface area contributed by atoms with E-state index in [1.54, 1.807) is 11.3 Å². The Hall–Kier alpha value is -0.580. The molecule has 0 radical (unpaired) electrons. The highest BCUT2D eigenvalue weighted by Crippen LogP contribution is 2.28. The van der Waals surface area contributed by atoms with Gasteiger partial charge in [0.05, 0.1) is 4.88 Å². The van der Waals surface area contributed by atoms with Crippen LogP contribution in [-0.2, 0) is 12.8 Å². The van der Waals surface area contributed by atoms with E-state index in [1.807, 2.05) is 0 Å². The van der Waals surface area contributed by atoms with E-state index in [-0.39, 0.29) is 18.3 Å². The number of fused-ring (bicyclic) bond motifs is 1. The number of amides is 1. The van der Waals surface area contributed by atoms with Gasteiger partial charge in [0, 0.05) is 18.0 Å². The lowest BCUT2D eigenvalue weighted by Crippen LogP contribution is -2.31. The Morgan fingerprint density at radius 1 is 1.26 bits per heavy atom. The van der Waals surface area contributed by atoms with Crippen LogP contribution in [0.15, 0.2) is 6.07 Å². The first kappa shape index (κ1) is 16.5. The quantitative estimate of drug-likeness (QED) is 0.649. The number of nitrogens with one attached hydrogen (secondary N) is 2. The molecule has 0 aromatic carbocycles. The largest absolute Gasteiger partial charge is 0.350 e. The Morgan fingerprint density at radius 2 is 2.05 bits per heavy atom. The van der Waals surface area contributed by atoms with Crippen LogP contribution in [0.25, 0.3) is 0 Å². The summed E-state index contributed by atoms with van der Waals surface area (Å²) in [5.41, 5.74) is 1.41. The normalized spacial score (nSPS) is 14.2. The predicted octanol–water partition coefficient (Wildman–Crippen LogP) is 2.78. The van der Waals surface area contributed by atoms with Gasteiger partial charge in [-0.3, -0.25) is 4.79 Å². The second kappa shape index (κ2) is 8.56. The number of carbonyl (C=O) groups is 1. The highest BCUT2D eigenvalue weighted by atomic mass is 35.5. The molecule has 1 heterocycles. The van der Waals surface area contributed by atoms with Crippen LogP contribution in [0.2, 0.25) is 0 Å². The Kier molecular flexibility index (Phi) is 7.42. The molecule has 2 N–H and O–H groups in total. The monoisotopic (exact) mass is 302 g/mol. The number of halogens is 1. The van der Waals surface area contributed by atoms with Gasteiger partial charge in [0.25, 0.3) is 5.91 Å². The lowest BCUT2D eigenvalue weighted by molar-refractivity contribution is 0.0958. The van der Waals surface area contributed by atoms with E-state index in [4.69, 9.17) is 0 Å². The molecule has 5 heteroatoms. The Balaban J connectivity index is 0.00000180. The van der Waals surface area contributed by atoms with Crippen LogP contribution in [0.1, 0.15) is 46.3 Å². The molecule has 0 aliphatic heterocycles. The van der Waals surface area contributed by atoms with Crippen LogP contribution in [-0.4, -0.2) is 25.5 Å². The zero-order chi connectivity index (χ0) is 12.8. The van der Waals surface area contributed by atoms with Crippen molar-refractivity contribution in [2.45, 2.75) is 39.0 Å². The average Bonchev–Trinajstić information content (AvgIpc) is 2.66. The Morgan fingerprint density at radius 3 is 2.84 bits per heavy atom. The molecule has 1 aliphatic rings. The third kappa shape index (κ3) is 4.79. The molecule has 0 saturated carbocycles. The van der Waals surface area contributed by atoms with Gasteiger partial charge >= 0.3 is 0 Å². The van der Waals surface area contributed by atoms with Crippen molar-refractivity contribution >= 4 is 29.7 Å². The summed E-state index contributed by atoms with van der Waals surface area (Å²) >= 11 is 1.69. The smallest absolute Gasteiger partial charge is 0.261 e. The zero-order valence-corrected chi connectivity index (χ0v) is 13.1. The molecule has 108 valence electrons. The van der Waals surface area contributed by atoms with Gasteiger partial charge in [-0.25, -0.2) is 0 Å². The van der Waals surface area contributed by atoms with Gasteiger partial charge in [-0.15, -0.1) is 23.7 Å². The van der Waals surface area contributed by atoms with Crippen LogP contribution in [0.5, 0.6) is 0 Å². The summed E-state index contributed by atoms with van der Waals surface area (Å²) in [6, 6.07) is 2.11. The number of rotatable bonds is 5. The van der Waals surface area contributed by atoms with E-state index >= 15 is 0 Å². The Bertz CT molecular complexity index is 383. The lowest BCUT2D eigenvalue weighted by atomic mass is 10.1. The molecule has 1 aromatic rings. The summed E-state index contributed by atoms with van der Waals surface area (Å²) in [5.74, 6) is 0.0889. The van der Waals surface area contributed by atoms with Gasteiger partial charge in [0.2, 0.25) is 0 Å². The molecule has 0 atom stereocenters. The molecule has 19 heavy (non-hydrogen) atoms. The number of aryl methyl sites for hydroxylation is 2. The van der Waals surface area contributed by atoms with E-state index in [0.717, 1.165) is 30.8 Å². The SMILES string of the molecule is CCNCCNC(=O)c1cc2c(s1)CCCCC2.Cl. The maximum absolute atomic E-state index is 12.0. The molecular formula is C14H23ClN2OS. The second-order valence-electron chi connectivity index (χ2n) is 4.73. The van der Waals surface area contributed by atoms with E-state index in [0.29, 0.717) is 6.54 Å². The van der Waals surface area contributed by atoms with Gasteiger partial charge < -0.3 is 10.6 Å². The van der Waals surface area contributed by atoms with Crippen LogP contribution in [0, 0.1) is 0 Å². The second-order valence-corrected chi connectivity index (χ2v) is 5.87. The van der Waals surface area contributed by atoms with Crippen molar-refractivity contribution in [3.8, 4) is 0 Å². The molecular weight excluding hydrogens is 280 g/mol. The van der Waals surface area contributed by atoms with Gasteiger partial charge in [0.1, 0.15) is 0 Å². The minimum absolute atomic E-state index is 0. The molecule has 2 rings (SSSR count). The van der Waals surface area contributed by atoms with Crippen molar-refractivity contribution in [3.05, 3.63) is 21.4 Å². The molecule has 3 nitrogen and oxygen atoms in total. The molecule has 0 bridgehead atoms. The molecule has 0 unspecified atom stereocenters. The van der Waals surface area contributed by atoms with E-state index in [2.05, 4.69) is 23.6 Å². The van der Waals surface area contributed by atoms with Crippen molar-refractivity contribution in [2.75, 3.05) is 19.6 Å². The standard InChI is InChI=1S/C14H22N2OS.ClH/c1-2-15-8-9-16-14(17)13-10-11-6-4-3-5-7-12(11)18-13;/h10,15H,2-9H2,1H3,(H,16,17);1H. The first-order valence-electron chi connectivity index (χ1n) is 6.91. The topological polar surface area (TPSA) is 41.1 Å². The number of carbonyl (C=O) groups excluding carboxylic acids is 1. The predicted molar refractivity (Wildman–Crippen MR) is 83.7 cm³/mol. The molecule has 1 aromatic heterocycles. The maximum Gasteiger partial charge on any atom is 0.261 e. The summed E-state index contributed by atoms with van der Waals surface area (Å²) in [4.78, 5) is 14.3. The first-order chi connectivity index (χ1) is 8.81. The van der Waals surface area contributed by atoms with Crippen molar-refractivity contribution in [1.29, 1.82) is 0 Å². The fourth-order valence-corrected chi connectivity index (χ4v) is 3.48. The summed E-state index contributed by atoms with van der Waals surface area (Å²) in [7, 11) is 0. The van der Waals surface area contributed by atoms with E-state index in [9.17, 15) is 4.79 Å². The van der Waals surface area contributed by atoms with Crippen LogP contribution < -0.4 is 10.6 Å². The van der Waals surface area contributed by atoms with Gasteiger partial charge in [0.15, 0.2) is 0 Å². The van der Waals surface area contributed by atoms with Gasteiger partial charge in [-0.05, 0) is 43.9 Å². The molecule has 0 spiro atoms. The summed E-state index contributed by atoms with van der Waals surface area (Å²) < 4.78 is 0. The highest BCUT2D eigenvalue weighted by molar-refractivity contribution is 7.14. The Labute approximate surface area is 125 Å². The third-order valence-corrected chi connectivity index (χ3v) is 4.54. The fourth-order valence-electron chi connectivity index (χ4n) is 2.31. The molecule has 0 fully saturated rings. The maximum atomic E-state index is 12.0. The fraction of sp³-hybridized carbons (Fsp3) is 0.643. The first-order valence-corrected chi connectivity index (χ1v) is 7.73. The average molecular weight is 303 g/mol. The minimum Gasteiger partial charge on any atom is -0.350 e. The van der Waals surface area contributed by atoms with Gasteiger partial charge in [-0.1, -0.05) is 13.3 Å². The molecule has 1 amide bonds. The van der Waals surface area contributed by atoms with Crippen LogP contribution >= 0.6 is 23.7 Å².